The van der Waals surface area contributed by atoms with Crippen molar-refractivity contribution in [2.75, 3.05) is 19.0 Å². The fourth-order valence-electron chi connectivity index (χ4n) is 2.47. The maximum atomic E-state index is 11.9. The Morgan fingerprint density at radius 1 is 1.21 bits per heavy atom. The molecule has 7 nitrogen and oxygen atoms in total. The SMILES string of the molecule is COc1cc(/C=N\NC(=O)CNc2ccccc2)ccc1OCc1csc(C)n1. The second-order valence-corrected chi connectivity index (χ2v) is 7.13. The number of thiazole rings is 1. The van der Waals surface area contributed by atoms with Crippen LogP contribution in [0.15, 0.2) is 59.0 Å². The second-order valence-electron chi connectivity index (χ2n) is 6.07. The lowest BCUT2D eigenvalue weighted by Gasteiger charge is -2.10. The van der Waals surface area contributed by atoms with E-state index in [-0.39, 0.29) is 12.5 Å². The summed E-state index contributed by atoms with van der Waals surface area (Å²) < 4.78 is 11.2. The molecule has 29 heavy (non-hydrogen) atoms. The van der Waals surface area contributed by atoms with Crippen LogP contribution in [0.3, 0.4) is 0 Å². The van der Waals surface area contributed by atoms with E-state index in [0.29, 0.717) is 18.1 Å². The van der Waals surface area contributed by atoms with Gasteiger partial charge in [0.25, 0.3) is 5.91 Å². The molecule has 0 spiro atoms. The van der Waals surface area contributed by atoms with Crippen molar-refractivity contribution in [3.8, 4) is 11.5 Å². The van der Waals surface area contributed by atoms with Gasteiger partial charge in [-0.05, 0) is 42.8 Å². The molecule has 1 heterocycles. The van der Waals surface area contributed by atoms with Crippen molar-refractivity contribution in [1.82, 2.24) is 10.4 Å². The normalized spacial score (nSPS) is 10.7. The van der Waals surface area contributed by atoms with Crippen LogP contribution in [0.4, 0.5) is 5.69 Å². The minimum atomic E-state index is -0.240. The molecule has 0 radical (unpaired) electrons. The molecule has 0 saturated heterocycles. The zero-order chi connectivity index (χ0) is 20.5. The van der Waals surface area contributed by atoms with Gasteiger partial charge in [-0.2, -0.15) is 5.10 Å². The molecular formula is C21H22N4O3S. The minimum Gasteiger partial charge on any atom is -0.493 e. The number of nitrogens with zero attached hydrogens (tertiary/aromatic N) is 2. The van der Waals surface area contributed by atoms with Crippen LogP contribution in [0.25, 0.3) is 0 Å². The Morgan fingerprint density at radius 2 is 2.03 bits per heavy atom. The van der Waals surface area contributed by atoms with Crippen molar-refractivity contribution in [2.24, 2.45) is 5.10 Å². The molecule has 0 unspecified atom stereocenters. The molecule has 0 saturated carbocycles. The van der Waals surface area contributed by atoms with Crippen molar-refractivity contribution in [2.45, 2.75) is 13.5 Å². The Bertz CT molecular complexity index is 973. The Kier molecular flexibility index (Phi) is 7.18. The number of methoxy groups -OCH3 is 1. The summed E-state index contributed by atoms with van der Waals surface area (Å²) in [6.45, 7) is 2.46. The highest BCUT2D eigenvalue weighted by Crippen LogP contribution is 2.28. The number of hydrazone groups is 1. The number of para-hydroxylation sites is 1. The van der Waals surface area contributed by atoms with E-state index in [9.17, 15) is 4.79 Å². The Labute approximate surface area is 173 Å². The number of anilines is 1. The molecule has 3 rings (SSSR count). The fourth-order valence-corrected chi connectivity index (χ4v) is 3.06. The van der Waals surface area contributed by atoms with Gasteiger partial charge in [-0.15, -0.1) is 11.3 Å². The lowest BCUT2D eigenvalue weighted by molar-refractivity contribution is -0.119. The fraction of sp³-hybridized carbons (Fsp3) is 0.190. The summed E-state index contributed by atoms with van der Waals surface area (Å²) in [5.74, 6) is 0.958. The number of aryl methyl sites for hydroxylation is 1. The monoisotopic (exact) mass is 410 g/mol. The summed E-state index contributed by atoms with van der Waals surface area (Å²) >= 11 is 1.59. The molecule has 150 valence electrons. The number of nitrogens with one attached hydrogen (secondary N) is 2. The smallest absolute Gasteiger partial charge is 0.259 e. The van der Waals surface area contributed by atoms with Crippen LogP contribution in [-0.2, 0) is 11.4 Å². The predicted molar refractivity (Wildman–Crippen MR) is 115 cm³/mol. The highest BCUT2D eigenvalue weighted by Gasteiger charge is 2.07. The summed E-state index contributed by atoms with van der Waals surface area (Å²) in [7, 11) is 1.58. The average Bonchev–Trinajstić information content (AvgIpc) is 3.17. The number of aromatic nitrogens is 1. The lowest BCUT2D eigenvalue weighted by Crippen LogP contribution is -2.25. The van der Waals surface area contributed by atoms with Crippen LogP contribution in [0, 0.1) is 6.92 Å². The molecule has 2 N–H and O–H groups in total. The number of carbonyl (C=O) groups is 1. The topological polar surface area (TPSA) is 84.8 Å². The van der Waals surface area contributed by atoms with Crippen LogP contribution in [0.5, 0.6) is 11.5 Å². The summed E-state index contributed by atoms with van der Waals surface area (Å²) in [4.78, 5) is 16.2. The molecule has 0 bridgehead atoms. The summed E-state index contributed by atoms with van der Waals surface area (Å²) in [6.07, 6.45) is 1.55. The molecule has 0 fully saturated rings. The first kappa shape index (κ1) is 20.3. The third kappa shape index (κ3) is 6.32. The first-order valence-corrected chi connectivity index (χ1v) is 9.84. The van der Waals surface area contributed by atoms with Gasteiger partial charge in [0.1, 0.15) is 6.61 Å². The summed E-state index contributed by atoms with van der Waals surface area (Å²) in [5, 5.41) is 9.98. The van der Waals surface area contributed by atoms with Gasteiger partial charge in [-0.1, -0.05) is 18.2 Å². The third-order valence-corrected chi connectivity index (χ3v) is 4.68. The maximum absolute atomic E-state index is 11.9. The van der Waals surface area contributed by atoms with Crippen molar-refractivity contribution < 1.29 is 14.3 Å². The molecule has 0 atom stereocenters. The number of ether oxygens (including phenoxy) is 2. The average molecular weight is 410 g/mol. The molecule has 1 aromatic heterocycles. The van der Waals surface area contributed by atoms with Crippen LogP contribution >= 0.6 is 11.3 Å². The van der Waals surface area contributed by atoms with E-state index in [1.807, 2.05) is 48.7 Å². The van der Waals surface area contributed by atoms with Gasteiger partial charge in [0.2, 0.25) is 0 Å². The number of hydrogen-bond donors (Lipinski definition) is 2. The maximum Gasteiger partial charge on any atom is 0.259 e. The molecule has 0 aliphatic heterocycles. The number of amides is 1. The van der Waals surface area contributed by atoms with Crippen molar-refractivity contribution in [1.29, 1.82) is 0 Å². The first-order valence-electron chi connectivity index (χ1n) is 8.96. The van der Waals surface area contributed by atoms with Gasteiger partial charge in [0.05, 0.1) is 30.6 Å². The van der Waals surface area contributed by atoms with E-state index in [4.69, 9.17) is 9.47 Å². The Hall–Kier alpha value is -3.39. The van der Waals surface area contributed by atoms with Gasteiger partial charge < -0.3 is 14.8 Å². The van der Waals surface area contributed by atoms with E-state index in [2.05, 4.69) is 20.8 Å². The van der Waals surface area contributed by atoms with Gasteiger partial charge in [-0.25, -0.2) is 10.4 Å². The van der Waals surface area contributed by atoms with Crippen molar-refractivity contribution in [3.63, 3.8) is 0 Å². The van der Waals surface area contributed by atoms with Crippen LogP contribution in [0.1, 0.15) is 16.3 Å². The van der Waals surface area contributed by atoms with E-state index < -0.39 is 0 Å². The largest absolute Gasteiger partial charge is 0.493 e. The molecule has 0 aliphatic carbocycles. The molecular weight excluding hydrogens is 388 g/mol. The van der Waals surface area contributed by atoms with E-state index in [0.717, 1.165) is 22.0 Å². The lowest BCUT2D eigenvalue weighted by atomic mass is 10.2. The zero-order valence-electron chi connectivity index (χ0n) is 16.2. The Balaban J connectivity index is 1.51. The van der Waals surface area contributed by atoms with E-state index >= 15 is 0 Å². The van der Waals surface area contributed by atoms with Gasteiger partial charge in [0, 0.05) is 11.1 Å². The van der Waals surface area contributed by atoms with Crippen molar-refractivity contribution >= 4 is 29.1 Å². The number of carbonyl (C=O) groups excluding carboxylic acids is 1. The van der Waals surface area contributed by atoms with Crippen LogP contribution in [-0.4, -0.2) is 30.8 Å². The summed E-state index contributed by atoms with van der Waals surface area (Å²) in [6, 6.07) is 14.9. The zero-order valence-corrected chi connectivity index (χ0v) is 17.0. The first-order chi connectivity index (χ1) is 14.1. The third-order valence-electron chi connectivity index (χ3n) is 3.86. The molecule has 1 amide bonds. The highest BCUT2D eigenvalue weighted by atomic mass is 32.1. The number of rotatable bonds is 9. The quantitative estimate of drug-likeness (QED) is 0.416. The Morgan fingerprint density at radius 3 is 2.76 bits per heavy atom. The van der Waals surface area contributed by atoms with Crippen molar-refractivity contribution in [3.05, 3.63) is 70.2 Å². The molecule has 0 aliphatic rings. The standard InChI is InChI=1S/C21H22N4O3S/c1-15-24-18(14-29-15)13-28-19-9-8-16(10-20(19)27-2)11-23-25-21(26)12-22-17-6-4-3-5-7-17/h3-11,14,22H,12-13H2,1-2H3,(H,25,26)/b23-11-. The van der Waals surface area contributed by atoms with Crippen LogP contribution < -0.4 is 20.2 Å². The molecule has 2 aromatic carbocycles. The van der Waals surface area contributed by atoms with E-state index in [1.165, 1.54) is 0 Å². The molecule has 8 heteroatoms. The number of hydrogen-bond acceptors (Lipinski definition) is 7. The van der Waals surface area contributed by atoms with Gasteiger partial charge in [0.15, 0.2) is 11.5 Å². The highest BCUT2D eigenvalue weighted by molar-refractivity contribution is 7.09. The minimum absolute atomic E-state index is 0.132. The van der Waals surface area contributed by atoms with Gasteiger partial charge in [-0.3, -0.25) is 4.79 Å². The van der Waals surface area contributed by atoms with Gasteiger partial charge >= 0.3 is 0 Å². The molecule has 3 aromatic rings. The predicted octanol–water partition coefficient (Wildman–Crippen LogP) is 3.60. The number of benzene rings is 2. The second kappa shape index (κ2) is 10.2. The summed E-state index contributed by atoms with van der Waals surface area (Å²) in [5.41, 5.74) is 5.02. The van der Waals surface area contributed by atoms with Crippen LogP contribution in [0.2, 0.25) is 0 Å². The van der Waals surface area contributed by atoms with E-state index in [1.54, 1.807) is 36.8 Å².